The number of carbonyl (C=O) groups is 1. The number of ether oxygens (including phenoxy) is 4. The van der Waals surface area contributed by atoms with Crippen molar-refractivity contribution in [2.24, 2.45) is 5.73 Å². The molecule has 0 radical (unpaired) electrons. The quantitative estimate of drug-likeness (QED) is 0.742. The van der Waals surface area contributed by atoms with Gasteiger partial charge >= 0.3 is 5.97 Å². The zero-order valence-electron chi connectivity index (χ0n) is 14.5. The predicted molar refractivity (Wildman–Crippen MR) is 90.9 cm³/mol. The molecule has 2 rings (SSSR count). The second-order valence-electron chi connectivity index (χ2n) is 5.50. The fourth-order valence-corrected chi connectivity index (χ4v) is 2.73. The molecule has 1 aromatic carbocycles. The van der Waals surface area contributed by atoms with Gasteiger partial charge in [0, 0.05) is 31.1 Å². The van der Waals surface area contributed by atoms with Crippen molar-refractivity contribution in [3.63, 3.8) is 0 Å². The SMILES string of the molecule is CCOC(=O)C(N)Cc1cc(OC)c(N2CCOCC2)cc1OC. The van der Waals surface area contributed by atoms with E-state index in [0.29, 0.717) is 32.0 Å². The molecular weight excluding hydrogens is 312 g/mol. The first-order valence-corrected chi connectivity index (χ1v) is 8.10. The van der Waals surface area contributed by atoms with Crippen molar-refractivity contribution < 1.29 is 23.7 Å². The summed E-state index contributed by atoms with van der Waals surface area (Å²) < 4.78 is 21.4. The molecule has 0 bridgehead atoms. The fraction of sp³-hybridized carbons (Fsp3) is 0.588. The first-order valence-electron chi connectivity index (χ1n) is 8.10. The van der Waals surface area contributed by atoms with Crippen LogP contribution in [0.1, 0.15) is 12.5 Å². The molecule has 2 N–H and O–H groups in total. The summed E-state index contributed by atoms with van der Waals surface area (Å²) in [6, 6.07) is 3.07. The molecule has 1 atom stereocenters. The molecule has 1 aromatic rings. The average molecular weight is 338 g/mol. The van der Waals surface area contributed by atoms with Gasteiger partial charge in [0.05, 0.1) is 39.7 Å². The van der Waals surface area contributed by atoms with Gasteiger partial charge in [-0.1, -0.05) is 0 Å². The van der Waals surface area contributed by atoms with Gasteiger partial charge in [-0.25, -0.2) is 0 Å². The van der Waals surface area contributed by atoms with E-state index in [2.05, 4.69) is 4.90 Å². The van der Waals surface area contributed by atoms with Crippen LogP contribution in [-0.4, -0.2) is 59.1 Å². The number of hydrogen-bond donors (Lipinski definition) is 1. The van der Waals surface area contributed by atoms with E-state index in [9.17, 15) is 4.79 Å². The van der Waals surface area contributed by atoms with E-state index in [-0.39, 0.29) is 0 Å². The number of anilines is 1. The van der Waals surface area contributed by atoms with Crippen LogP contribution in [0.2, 0.25) is 0 Å². The highest BCUT2D eigenvalue weighted by atomic mass is 16.5. The third-order valence-corrected chi connectivity index (χ3v) is 3.96. The second-order valence-corrected chi connectivity index (χ2v) is 5.50. The van der Waals surface area contributed by atoms with Crippen LogP contribution in [0.15, 0.2) is 12.1 Å². The van der Waals surface area contributed by atoms with Crippen molar-refractivity contribution in [1.29, 1.82) is 0 Å². The Bertz CT molecular complexity index is 558. The normalized spacial score (nSPS) is 15.8. The summed E-state index contributed by atoms with van der Waals surface area (Å²) >= 11 is 0. The van der Waals surface area contributed by atoms with E-state index in [4.69, 9.17) is 24.7 Å². The highest BCUT2D eigenvalue weighted by molar-refractivity contribution is 5.76. The zero-order chi connectivity index (χ0) is 17.5. The first kappa shape index (κ1) is 18.4. The molecule has 134 valence electrons. The number of methoxy groups -OCH3 is 2. The Labute approximate surface area is 142 Å². The van der Waals surface area contributed by atoms with Crippen LogP contribution in [0, 0.1) is 0 Å². The van der Waals surface area contributed by atoms with Crippen LogP contribution in [-0.2, 0) is 20.7 Å². The van der Waals surface area contributed by atoms with Crippen LogP contribution in [0.4, 0.5) is 5.69 Å². The maximum atomic E-state index is 11.8. The van der Waals surface area contributed by atoms with E-state index >= 15 is 0 Å². The average Bonchev–Trinajstić information content (AvgIpc) is 2.62. The van der Waals surface area contributed by atoms with E-state index in [1.165, 1.54) is 0 Å². The molecule has 1 aliphatic heterocycles. The van der Waals surface area contributed by atoms with Gasteiger partial charge in [0.2, 0.25) is 0 Å². The third-order valence-electron chi connectivity index (χ3n) is 3.96. The topological polar surface area (TPSA) is 83.2 Å². The molecular formula is C17H26N2O5. The summed E-state index contributed by atoms with van der Waals surface area (Å²) in [7, 11) is 3.23. The number of nitrogens with two attached hydrogens (primary N) is 1. The number of benzene rings is 1. The smallest absolute Gasteiger partial charge is 0.323 e. The Morgan fingerprint density at radius 1 is 1.25 bits per heavy atom. The van der Waals surface area contributed by atoms with Gasteiger partial charge in [-0.15, -0.1) is 0 Å². The molecule has 0 amide bonds. The second kappa shape index (κ2) is 8.75. The summed E-state index contributed by atoms with van der Waals surface area (Å²) in [5, 5.41) is 0. The summed E-state index contributed by atoms with van der Waals surface area (Å²) in [6.45, 7) is 5.01. The number of carbonyl (C=O) groups excluding carboxylic acids is 1. The van der Waals surface area contributed by atoms with E-state index in [0.717, 1.165) is 30.1 Å². The van der Waals surface area contributed by atoms with Gasteiger partial charge < -0.3 is 29.6 Å². The van der Waals surface area contributed by atoms with Crippen molar-refractivity contribution >= 4 is 11.7 Å². The van der Waals surface area contributed by atoms with Gasteiger partial charge in [0.15, 0.2) is 0 Å². The van der Waals surface area contributed by atoms with Crippen LogP contribution >= 0.6 is 0 Å². The lowest BCUT2D eigenvalue weighted by atomic mass is 10.0. The van der Waals surface area contributed by atoms with Crippen LogP contribution in [0.5, 0.6) is 11.5 Å². The largest absolute Gasteiger partial charge is 0.496 e. The highest BCUT2D eigenvalue weighted by Crippen LogP contribution is 2.36. The lowest BCUT2D eigenvalue weighted by Gasteiger charge is -2.30. The minimum absolute atomic E-state index is 0.308. The Morgan fingerprint density at radius 3 is 2.50 bits per heavy atom. The van der Waals surface area contributed by atoms with Gasteiger partial charge in [-0.2, -0.15) is 0 Å². The Morgan fingerprint density at radius 2 is 1.92 bits per heavy atom. The fourth-order valence-electron chi connectivity index (χ4n) is 2.73. The van der Waals surface area contributed by atoms with Crippen molar-refractivity contribution in [3.05, 3.63) is 17.7 Å². The Kier molecular flexibility index (Phi) is 6.69. The van der Waals surface area contributed by atoms with Crippen molar-refractivity contribution in [1.82, 2.24) is 0 Å². The minimum Gasteiger partial charge on any atom is -0.496 e. The summed E-state index contributed by atoms with van der Waals surface area (Å²) in [5.41, 5.74) is 7.70. The van der Waals surface area contributed by atoms with Crippen LogP contribution in [0.3, 0.4) is 0 Å². The molecule has 7 heteroatoms. The molecule has 24 heavy (non-hydrogen) atoms. The molecule has 1 unspecified atom stereocenters. The van der Waals surface area contributed by atoms with Crippen molar-refractivity contribution in [3.8, 4) is 11.5 Å². The lowest BCUT2D eigenvalue weighted by Crippen LogP contribution is -2.36. The molecule has 1 saturated heterocycles. The molecule has 0 aromatic heterocycles. The van der Waals surface area contributed by atoms with Crippen molar-refractivity contribution in [2.75, 3.05) is 52.0 Å². The molecule has 0 saturated carbocycles. The number of esters is 1. The third kappa shape index (κ3) is 4.30. The number of nitrogens with zero attached hydrogens (tertiary/aromatic N) is 1. The molecule has 1 heterocycles. The maximum Gasteiger partial charge on any atom is 0.323 e. The van der Waals surface area contributed by atoms with Crippen LogP contribution < -0.4 is 20.1 Å². The Hall–Kier alpha value is -1.99. The molecule has 0 aliphatic carbocycles. The first-order chi connectivity index (χ1) is 11.6. The maximum absolute atomic E-state index is 11.8. The minimum atomic E-state index is -0.738. The van der Waals surface area contributed by atoms with E-state index in [1.807, 2.05) is 12.1 Å². The number of morpholine rings is 1. The van der Waals surface area contributed by atoms with Gasteiger partial charge in [-0.3, -0.25) is 4.79 Å². The molecule has 1 aliphatic rings. The van der Waals surface area contributed by atoms with Crippen molar-refractivity contribution in [2.45, 2.75) is 19.4 Å². The van der Waals surface area contributed by atoms with Gasteiger partial charge in [0.25, 0.3) is 0 Å². The lowest BCUT2D eigenvalue weighted by molar-refractivity contribution is -0.144. The number of hydrogen-bond acceptors (Lipinski definition) is 7. The molecule has 1 fully saturated rings. The van der Waals surface area contributed by atoms with Gasteiger partial charge in [0.1, 0.15) is 17.5 Å². The van der Waals surface area contributed by atoms with Gasteiger partial charge in [-0.05, 0) is 13.0 Å². The Balaban J connectivity index is 2.26. The monoisotopic (exact) mass is 338 g/mol. The molecule has 7 nitrogen and oxygen atoms in total. The summed E-state index contributed by atoms with van der Waals surface area (Å²) in [6.07, 6.45) is 0.321. The van der Waals surface area contributed by atoms with Crippen LogP contribution in [0.25, 0.3) is 0 Å². The summed E-state index contributed by atoms with van der Waals surface area (Å²) in [5.74, 6) is 0.983. The highest BCUT2D eigenvalue weighted by Gasteiger charge is 2.22. The predicted octanol–water partition coefficient (Wildman–Crippen LogP) is 0.973. The van der Waals surface area contributed by atoms with E-state index < -0.39 is 12.0 Å². The number of rotatable bonds is 7. The summed E-state index contributed by atoms with van der Waals surface area (Å²) in [4.78, 5) is 14.0. The molecule has 0 spiro atoms. The van der Waals surface area contributed by atoms with E-state index in [1.54, 1.807) is 21.1 Å². The standard InChI is InChI=1S/C17H26N2O5/c1-4-24-17(20)13(18)9-12-10-16(22-3)14(11-15(12)21-2)19-5-7-23-8-6-19/h10-11,13H,4-9,18H2,1-3H3. The zero-order valence-corrected chi connectivity index (χ0v) is 14.5.